The molecule has 4 atom stereocenters. The van der Waals surface area contributed by atoms with Gasteiger partial charge in [-0.15, -0.1) is 0 Å². The summed E-state index contributed by atoms with van der Waals surface area (Å²) in [5, 5.41) is 28.9. The van der Waals surface area contributed by atoms with E-state index in [4.69, 9.17) is 9.84 Å². The first-order valence-corrected chi connectivity index (χ1v) is 8.51. The van der Waals surface area contributed by atoms with Crippen molar-refractivity contribution in [2.45, 2.75) is 76.8 Å². The van der Waals surface area contributed by atoms with Crippen LogP contribution in [0.1, 0.15) is 52.9 Å². The third kappa shape index (κ3) is 4.35. The molecule has 3 N–H and O–H groups in total. The van der Waals surface area contributed by atoms with E-state index in [0.29, 0.717) is 12.8 Å². The summed E-state index contributed by atoms with van der Waals surface area (Å²) in [5.41, 5.74) is 2.41. The van der Waals surface area contributed by atoms with E-state index in [1.807, 2.05) is 13.8 Å². The Labute approximate surface area is 143 Å². The van der Waals surface area contributed by atoms with Gasteiger partial charge in [-0.05, 0) is 45.6 Å². The van der Waals surface area contributed by atoms with Crippen molar-refractivity contribution in [2.24, 2.45) is 0 Å². The number of aliphatic hydroxyl groups excluding tert-OH is 2. The van der Waals surface area contributed by atoms with E-state index >= 15 is 0 Å². The number of rotatable bonds is 8. The summed E-state index contributed by atoms with van der Waals surface area (Å²) in [5.74, 6) is -0.769. The second-order valence-corrected chi connectivity index (χ2v) is 7.03. The SMILES string of the molecule is CC1=C[C@@H](O)[C@]2(C/C=C(/C)CC/C=C(/C)CCC(=O)O)O[C@@H]2[C@@H]1O. The molecule has 0 bridgehead atoms. The Kier molecular flexibility index (Phi) is 6.01. The van der Waals surface area contributed by atoms with Gasteiger partial charge in [-0.1, -0.05) is 29.4 Å². The van der Waals surface area contributed by atoms with Crippen molar-refractivity contribution in [2.75, 3.05) is 0 Å². The number of aliphatic carboxylic acids is 1. The number of carbonyl (C=O) groups is 1. The lowest BCUT2D eigenvalue weighted by Gasteiger charge is -2.24. The van der Waals surface area contributed by atoms with Crippen LogP contribution in [0.2, 0.25) is 0 Å². The van der Waals surface area contributed by atoms with Crippen LogP contribution < -0.4 is 0 Å². The average Bonchev–Trinajstić information content (AvgIpc) is 3.26. The van der Waals surface area contributed by atoms with Crippen LogP contribution >= 0.6 is 0 Å². The standard InChI is InChI=1S/C19H28O5/c1-12(7-8-16(21)22)5-4-6-13(2)9-10-19-15(20)11-14(3)17(23)18(19)24-19/h5,9,11,15,17-18,20,23H,4,6-8,10H2,1-3H3,(H,21,22)/b12-5-,13-9-/t15-,17-,18-,19+/m1/s1. The molecule has 0 spiro atoms. The highest BCUT2D eigenvalue weighted by Gasteiger charge is 2.65. The molecule has 1 aliphatic heterocycles. The van der Waals surface area contributed by atoms with E-state index < -0.39 is 23.8 Å². The topological polar surface area (TPSA) is 90.3 Å². The number of aliphatic hydroxyl groups is 2. The fourth-order valence-corrected chi connectivity index (χ4v) is 3.17. The summed E-state index contributed by atoms with van der Waals surface area (Å²) in [4.78, 5) is 10.5. The third-order valence-electron chi connectivity index (χ3n) is 4.98. The second-order valence-electron chi connectivity index (χ2n) is 7.03. The zero-order chi connectivity index (χ0) is 17.9. The Hall–Kier alpha value is -1.43. The Morgan fingerprint density at radius 1 is 1.21 bits per heavy atom. The van der Waals surface area contributed by atoms with Gasteiger partial charge in [-0.25, -0.2) is 0 Å². The van der Waals surface area contributed by atoms with Crippen LogP contribution in [-0.2, 0) is 9.53 Å². The zero-order valence-electron chi connectivity index (χ0n) is 14.7. The average molecular weight is 336 g/mol. The van der Waals surface area contributed by atoms with Crippen LogP contribution in [0, 0.1) is 0 Å². The maximum Gasteiger partial charge on any atom is 0.303 e. The predicted molar refractivity (Wildman–Crippen MR) is 91.6 cm³/mol. The molecule has 1 heterocycles. The molecule has 2 aliphatic rings. The van der Waals surface area contributed by atoms with Gasteiger partial charge in [0.25, 0.3) is 0 Å². The van der Waals surface area contributed by atoms with Crippen LogP contribution in [0.25, 0.3) is 0 Å². The lowest BCUT2D eigenvalue weighted by Crippen LogP contribution is -2.39. The second kappa shape index (κ2) is 7.64. The van der Waals surface area contributed by atoms with Gasteiger partial charge in [0.2, 0.25) is 0 Å². The molecule has 1 aliphatic carbocycles. The fraction of sp³-hybridized carbons (Fsp3) is 0.632. The fourth-order valence-electron chi connectivity index (χ4n) is 3.17. The molecule has 5 heteroatoms. The number of hydrogen-bond acceptors (Lipinski definition) is 4. The van der Waals surface area contributed by atoms with E-state index in [0.717, 1.165) is 24.0 Å². The summed E-state index contributed by atoms with van der Waals surface area (Å²) in [6.45, 7) is 5.80. The van der Waals surface area contributed by atoms with E-state index in [1.54, 1.807) is 13.0 Å². The van der Waals surface area contributed by atoms with Crippen molar-refractivity contribution < 1.29 is 24.9 Å². The van der Waals surface area contributed by atoms with E-state index in [2.05, 4.69) is 12.2 Å². The Morgan fingerprint density at radius 2 is 1.88 bits per heavy atom. The molecule has 0 aromatic heterocycles. The minimum atomic E-state index is -0.769. The molecule has 2 rings (SSSR count). The molecule has 0 unspecified atom stereocenters. The highest BCUT2D eigenvalue weighted by atomic mass is 16.6. The molecule has 24 heavy (non-hydrogen) atoms. The Bertz CT molecular complexity index is 574. The molecule has 1 fully saturated rings. The molecule has 0 radical (unpaired) electrons. The van der Waals surface area contributed by atoms with Gasteiger partial charge in [-0.3, -0.25) is 4.79 Å². The molecule has 1 saturated heterocycles. The smallest absolute Gasteiger partial charge is 0.303 e. The lowest BCUT2D eigenvalue weighted by molar-refractivity contribution is -0.136. The Morgan fingerprint density at radius 3 is 2.54 bits per heavy atom. The van der Waals surface area contributed by atoms with Gasteiger partial charge in [-0.2, -0.15) is 0 Å². The minimum absolute atomic E-state index is 0.172. The van der Waals surface area contributed by atoms with Crippen molar-refractivity contribution in [3.63, 3.8) is 0 Å². The highest BCUT2D eigenvalue weighted by molar-refractivity contribution is 5.66. The summed E-state index contributed by atoms with van der Waals surface area (Å²) < 4.78 is 5.64. The van der Waals surface area contributed by atoms with Crippen molar-refractivity contribution in [3.05, 3.63) is 34.9 Å². The number of carboxylic acids is 1. The van der Waals surface area contributed by atoms with Gasteiger partial charge in [0.1, 0.15) is 23.9 Å². The first kappa shape index (κ1) is 18.9. The van der Waals surface area contributed by atoms with Crippen molar-refractivity contribution in [1.29, 1.82) is 0 Å². The number of hydrogen-bond donors (Lipinski definition) is 3. The largest absolute Gasteiger partial charge is 0.481 e. The quantitative estimate of drug-likeness (QED) is 0.468. The van der Waals surface area contributed by atoms with Gasteiger partial charge < -0.3 is 20.1 Å². The summed E-state index contributed by atoms with van der Waals surface area (Å²) in [6.07, 6.45) is 7.35. The van der Waals surface area contributed by atoms with Gasteiger partial charge in [0, 0.05) is 12.8 Å². The molecule has 134 valence electrons. The van der Waals surface area contributed by atoms with Crippen molar-refractivity contribution >= 4 is 5.97 Å². The van der Waals surface area contributed by atoms with Crippen LogP contribution in [0.4, 0.5) is 0 Å². The minimum Gasteiger partial charge on any atom is -0.481 e. The molecule has 5 nitrogen and oxygen atoms in total. The molecular weight excluding hydrogens is 308 g/mol. The van der Waals surface area contributed by atoms with Gasteiger partial charge >= 0.3 is 5.97 Å². The molecule has 0 amide bonds. The van der Waals surface area contributed by atoms with Crippen molar-refractivity contribution in [1.82, 2.24) is 0 Å². The number of allylic oxidation sites excluding steroid dienone is 3. The first-order valence-electron chi connectivity index (χ1n) is 8.51. The molecule has 0 saturated carbocycles. The van der Waals surface area contributed by atoms with Crippen LogP contribution in [-0.4, -0.2) is 45.2 Å². The lowest BCUT2D eigenvalue weighted by atomic mass is 9.83. The number of carboxylic acid groups (broad SMARTS) is 1. The van der Waals surface area contributed by atoms with E-state index in [-0.39, 0.29) is 12.5 Å². The number of fused-ring (bicyclic) bond motifs is 1. The number of epoxide rings is 1. The molecule has 0 aromatic rings. The van der Waals surface area contributed by atoms with Crippen molar-refractivity contribution in [3.8, 4) is 0 Å². The first-order chi connectivity index (χ1) is 11.3. The number of ether oxygens (including phenoxy) is 1. The maximum absolute atomic E-state index is 10.5. The zero-order valence-corrected chi connectivity index (χ0v) is 14.7. The maximum atomic E-state index is 10.5. The normalized spacial score (nSPS) is 33.0. The summed E-state index contributed by atoms with van der Waals surface area (Å²) >= 11 is 0. The summed E-state index contributed by atoms with van der Waals surface area (Å²) in [6, 6.07) is 0. The summed E-state index contributed by atoms with van der Waals surface area (Å²) in [7, 11) is 0. The predicted octanol–water partition coefficient (Wildman–Crippen LogP) is 2.73. The molecule has 0 aromatic carbocycles. The molecular formula is C19H28O5. The Balaban J connectivity index is 1.81. The van der Waals surface area contributed by atoms with Crippen LogP contribution in [0.15, 0.2) is 34.9 Å². The van der Waals surface area contributed by atoms with Gasteiger partial charge in [0.05, 0.1) is 0 Å². The van der Waals surface area contributed by atoms with Crippen LogP contribution in [0.3, 0.4) is 0 Å². The monoisotopic (exact) mass is 336 g/mol. The highest BCUT2D eigenvalue weighted by Crippen LogP contribution is 2.50. The van der Waals surface area contributed by atoms with E-state index in [9.17, 15) is 15.0 Å². The van der Waals surface area contributed by atoms with E-state index in [1.165, 1.54) is 5.57 Å². The van der Waals surface area contributed by atoms with Gasteiger partial charge in [0.15, 0.2) is 0 Å². The third-order valence-corrected chi connectivity index (χ3v) is 4.98. The van der Waals surface area contributed by atoms with Crippen LogP contribution in [0.5, 0.6) is 0 Å².